The van der Waals surface area contributed by atoms with Crippen LogP contribution in [0.3, 0.4) is 0 Å². The van der Waals surface area contributed by atoms with Crippen LogP contribution < -0.4 is 5.32 Å². The average molecular weight is 225 g/mol. The third-order valence-electron chi connectivity index (χ3n) is 2.93. The van der Waals surface area contributed by atoms with Crippen molar-refractivity contribution in [3.05, 3.63) is 17.5 Å². The summed E-state index contributed by atoms with van der Waals surface area (Å²) in [6.45, 7) is 3.86. The van der Waals surface area contributed by atoms with Crippen molar-refractivity contribution in [1.29, 1.82) is 0 Å². The molecule has 1 saturated heterocycles. The SMILES string of the molecule is CCc1nn(C)cc1CNC1COCC1O. The predicted octanol–water partition coefficient (Wildman–Crippen LogP) is -0.168. The lowest BCUT2D eigenvalue weighted by Crippen LogP contribution is -2.38. The van der Waals surface area contributed by atoms with E-state index in [2.05, 4.69) is 17.3 Å². The van der Waals surface area contributed by atoms with Crippen molar-refractivity contribution in [3.63, 3.8) is 0 Å². The highest BCUT2D eigenvalue weighted by molar-refractivity contribution is 5.16. The second-order valence-electron chi connectivity index (χ2n) is 4.22. The molecule has 0 aromatic carbocycles. The van der Waals surface area contributed by atoms with E-state index in [-0.39, 0.29) is 12.1 Å². The van der Waals surface area contributed by atoms with Crippen molar-refractivity contribution >= 4 is 0 Å². The van der Waals surface area contributed by atoms with Gasteiger partial charge in [-0.25, -0.2) is 0 Å². The molecule has 2 atom stereocenters. The molecule has 0 aliphatic carbocycles. The van der Waals surface area contributed by atoms with Gasteiger partial charge in [-0.1, -0.05) is 6.92 Å². The molecule has 0 bridgehead atoms. The second-order valence-corrected chi connectivity index (χ2v) is 4.22. The van der Waals surface area contributed by atoms with E-state index in [0.29, 0.717) is 13.2 Å². The lowest BCUT2D eigenvalue weighted by molar-refractivity contribution is 0.122. The van der Waals surface area contributed by atoms with Gasteiger partial charge in [-0.3, -0.25) is 4.68 Å². The summed E-state index contributed by atoms with van der Waals surface area (Å²) >= 11 is 0. The van der Waals surface area contributed by atoms with Crippen LogP contribution in [0, 0.1) is 0 Å². The third kappa shape index (κ3) is 2.42. The summed E-state index contributed by atoms with van der Waals surface area (Å²) in [5.74, 6) is 0. The number of hydrogen-bond donors (Lipinski definition) is 2. The molecule has 5 nitrogen and oxygen atoms in total. The highest BCUT2D eigenvalue weighted by Crippen LogP contribution is 2.10. The van der Waals surface area contributed by atoms with Crippen LogP contribution in [-0.2, 0) is 24.8 Å². The molecular formula is C11H19N3O2. The molecule has 0 spiro atoms. The minimum Gasteiger partial charge on any atom is -0.389 e. The van der Waals surface area contributed by atoms with Crippen molar-refractivity contribution in [3.8, 4) is 0 Å². The number of nitrogens with one attached hydrogen (secondary N) is 1. The van der Waals surface area contributed by atoms with Gasteiger partial charge in [0.15, 0.2) is 0 Å². The molecule has 2 heterocycles. The van der Waals surface area contributed by atoms with Gasteiger partial charge >= 0.3 is 0 Å². The van der Waals surface area contributed by atoms with Crippen molar-refractivity contribution in [2.45, 2.75) is 32.0 Å². The Kier molecular flexibility index (Phi) is 3.58. The van der Waals surface area contributed by atoms with Gasteiger partial charge in [0, 0.05) is 25.4 Å². The Labute approximate surface area is 95.4 Å². The Morgan fingerprint density at radius 3 is 3.06 bits per heavy atom. The number of nitrogens with zero attached hydrogens (tertiary/aromatic N) is 2. The molecule has 1 aromatic rings. The highest BCUT2D eigenvalue weighted by Gasteiger charge is 2.25. The molecule has 16 heavy (non-hydrogen) atoms. The van der Waals surface area contributed by atoms with E-state index in [9.17, 15) is 5.11 Å². The summed E-state index contributed by atoms with van der Waals surface area (Å²) in [6.07, 6.45) is 2.57. The van der Waals surface area contributed by atoms with Crippen molar-refractivity contribution in [1.82, 2.24) is 15.1 Å². The van der Waals surface area contributed by atoms with Crippen molar-refractivity contribution in [2.75, 3.05) is 13.2 Å². The van der Waals surface area contributed by atoms with Gasteiger partial charge in [-0.15, -0.1) is 0 Å². The number of aliphatic hydroxyl groups excluding tert-OH is 1. The first-order chi connectivity index (χ1) is 7.70. The smallest absolute Gasteiger partial charge is 0.0948 e. The standard InChI is InChI=1S/C11H19N3O2/c1-3-9-8(5-14(2)13-9)4-12-10-6-16-7-11(10)15/h5,10-12,15H,3-4,6-7H2,1-2H3. The van der Waals surface area contributed by atoms with Gasteiger partial charge in [0.1, 0.15) is 0 Å². The Balaban J connectivity index is 1.93. The zero-order valence-electron chi connectivity index (χ0n) is 9.81. The van der Waals surface area contributed by atoms with Gasteiger partial charge in [0.25, 0.3) is 0 Å². The predicted molar refractivity (Wildman–Crippen MR) is 60.0 cm³/mol. The van der Waals surface area contributed by atoms with Crippen LogP contribution in [0.2, 0.25) is 0 Å². The number of hydrogen-bond acceptors (Lipinski definition) is 4. The van der Waals surface area contributed by atoms with Crippen LogP contribution in [0.1, 0.15) is 18.2 Å². The highest BCUT2D eigenvalue weighted by atomic mass is 16.5. The van der Waals surface area contributed by atoms with Crippen LogP contribution in [0.15, 0.2) is 6.20 Å². The molecule has 0 saturated carbocycles. The van der Waals surface area contributed by atoms with Crippen molar-refractivity contribution in [2.24, 2.45) is 7.05 Å². The van der Waals surface area contributed by atoms with E-state index in [4.69, 9.17) is 4.74 Å². The third-order valence-corrected chi connectivity index (χ3v) is 2.93. The number of rotatable bonds is 4. The Morgan fingerprint density at radius 1 is 1.62 bits per heavy atom. The van der Waals surface area contributed by atoms with E-state index in [1.54, 1.807) is 0 Å². The summed E-state index contributed by atoms with van der Waals surface area (Å²) in [6, 6.07) is 0.0462. The molecule has 0 radical (unpaired) electrons. The molecular weight excluding hydrogens is 206 g/mol. The zero-order chi connectivity index (χ0) is 11.5. The Morgan fingerprint density at radius 2 is 2.44 bits per heavy atom. The zero-order valence-corrected chi connectivity index (χ0v) is 9.81. The van der Waals surface area contributed by atoms with Crippen LogP contribution in [0.4, 0.5) is 0 Å². The second kappa shape index (κ2) is 4.95. The largest absolute Gasteiger partial charge is 0.389 e. The van der Waals surface area contributed by atoms with E-state index in [0.717, 1.165) is 18.7 Å². The van der Waals surface area contributed by atoms with Crippen molar-refractivity contribution < 1.29 is 9.84 Å². The molecule has 5 heteroatoms. The van der Waals surface area contributed by atoms with Crippen LogP contribution >= 0.6 is 0 Å². The normalized spacial score (nSPS) is 25.2. The maximum absolute atomic E-state index is 9.59. The summed E-state index contributed by atoms with van der Waals surface area (Å²) in [7, 11) is 1.93. The number of aromatic nitrogens is 2. The average Bonchev–Trinajstić information content (AvgIpc) is 2.81. The molecule has 0 amide bonds. The molecule has 1 aliphatic heterocycles. The quantitative estimate of drug-likeness (QED) is 0.747. The number of aryl methyl sites for hydroxylation is 2. The van der Waals surface area contributed by atoms with Gasteiger partial charge in [-0.05, 0) is 6.42 Å². The fourth-order valence-corrected chi connectivity index (χ4v) is 2.01. The Bertz CT molecular complexity index is 351. The molecule has 2 N–H and O–H groups in total. The van der Waals surface area contributed by atoms with Crippen LogP contribution in [0.5, 0.6) is 0 Å². The summed E-state index contributed by atoms with van der Waals surface area (Å²) in [5.41, 5.74) is 2.31. The summed E-state index contributed by atoms with van der Waals surface area (Å²) in [5, 5.41) is 17.3. The lowest BCUT2D eigenvalue weighted by atomic mass is 10.1. The minimum absolute atomic E-state index is 0.0462. The first kappa shape index (κ1) is 11.6. The number of ether oxygens (including phenoxy) is 1. The van der Waals surface area contributed by atoms with Crippen LogP contribution in [0.25, 0.3) is 0 Å². The molecule has 90 valence electrons. The Hall–Kier alpha value is -0.910. The van der Waals surface area contributed by atoms with Crippen LogP contribution in [-0.4, -0.2) is 40.2 Å². The fraction of sp³-hybridized carbons (Fsp3) is 0.727. The van der Waals surface area contributed by atoms with E-state index in [1.165, 1.54) is 5.56 Å². The molecule has 2 unspecified atom stereocenters. The monoisotopic (exact) mass is 225 g/mol. The maximum atomic E-state index is 9.59. The summed E-state index contributed by atoms with van der Waals surface area (Å²) < 4.78 is 7.02. The van der Waals surface area contributed by atoms with E-state index >= 15 is 0 Å². The fourth-order valence-electron chi connectivity index (χ4n) is 2.01. The van der Waals surface area contributed by atoms with E-state index < -0.39 is 0 Å². The summed E-state index contributed by atoms with van der Waals surface area (Å²) in [4.78, 5) is 0. The molecule has 1 aliphatic rings. The molecule has 1 fully saturated rings. The van der Waals surface area contributed by atoms with Gasteiger partial charge < -0.3 is 15.2 Å². The lowest BCUT2D eigenvalue weighted by Gasteiger charge is -2.13. The molecule has 2 rings (SSSR count). The number of aliphatic hydroxyl groups is 1. The minimum atomic E-state index is -0.387. The maximum Gasteiger partial charge on any atom is 0.0948 e. The van der Waals surface area contributed by atoms with Gasteiger partial charge in [0.05, 0.1) is 31.1 Å². The van der Waals surface area contributed by atoms with Gasteiger partial charge in [0.2, 0.25) is 0 Å². The van der Waals surface area contributed by atoms with Gasteiger partial charge in [-0.2, -0.15) is 5.10 Å². The molecule has 1 aromatic heterocycles. The van der Waals surface area contributed by atoms with E-state index in [1.807, 2.05) is 17.9 Å². The topological polar surface area (TPSA) is 59.3 Å². The first-order valence-corrected chi connectivity index (χ1v) is 5.71. The first-order valence-electron chi connectivity index (χ1n) is 5.71.